The summed E-state index contributed by atoms with van der Waals surface area (Å²) >= 11 is 1.41. The van der Waals surface area contributed by atoms with Crippen molar-refractivity contribution in [2.24, 2.45) is 0 Å². The first-order chi connectivity index (χ1) is 7.02. The molecule has 1 aromatic heterocycles. The molecule has 0 spiro atoms. The maximum absolute atomic E-state index is 11.0. The summed E-state index contributed by atoms with van der Waals surface area (Å²) in [6.45, 7) is 3.21. The molecule has 84 valence electrons. The summed E-state index contributed by atoms with van der Waals surface area (Å²) < 4.78 is 5.27. The van der Waals surface area contributed by atoms with Gasteiger partial charge < -0.3 is 14.9 Å². The van der Waals surface area contributed by atoms with Crippen molar-refractivity contribution in [3.05, 3.63) is 22.4 Å². The first-order valence-electron chi connectivity index (χ1n) is 4.60. The largest absolute Gasteiger partial charge is 0.479 e. The van der Waals surface area contributed by atoms with Crippen LogP contribution < -0.4 is 0 Å². The normalized spacial score (nSPS) is 17.0. The van der Waals surface area contributed by atoms with Gasteiger partial charge in [0.15, 0.2) is 6.10 Å². The summed E-state index contributed by atoms with van der Waals surface area (Å²) in [7, 11) is 0. The first kappa shape index (κ1) is 12.2. The molecule has 2 N–H and O–H groups in total. The van der Waals surface area contributed by atoms with Crippen LogP contribution in [0, 0.1) is 0 Å². The van der Waals surface area contributed by atoms with Gasteiger partial charge >= 0.3 is 5.97 Å². The smallest absolute Gasteiger partial charge is 0.337 e. The van der Waals surface area contributed by atoms with Gasteiger partial charge in [-0.15, -0.1) is 0 Å². The molecule has 15 heavy (non-hydrogen) atoms. The molecule has 0 aliphatic carbocycles. The summed E-state index contributed by atoms with van der Waals surface area (Å²) in [6, 6.07) is 1.71. The molecule has 5 heteroatoms. The molecule has 0 saturated carbocycles. The van der Waals surface area contributed by atoms with Crippen molar-refractivity contribution in [2.45, 2.75) is 32.2 Å². The van der Waals surface area contributed by atoms with Crippen molar-refractivity contribution in [1.82, 2.24) is 0 Å². The van der Waals surface area contributed by atoms with E-state index in [0.717, 1.165) is 0 Å². The standard InChI is InChI=1S/C10H14O4S/c1-6(11)7(2)14-9(10(12)13)8-3-4-15-5-8/h3-7,9,11H,1-2H3,(H,12,13). The van der Waals surface area contributed by atoms with E-state index in [1.807, 2.05) is 0 Å². The maximum Gasteiger partial charge on any atom is 0.337 e. The van der Waals surface area contributed by atoms with Gasteiger partial charge in [0.2, 0.25) is 0 Å². The van der Waals surface area contributed by atoms with Gasteiger partial charge in [0.05, 0.1) is 12.2 Å². The van der Waals surface area contributed by atoms with E-state index in [2.05, 4.69) is 0 Å². The molecular formula is C10H14O4S. The molecule has 4 nitrogen and oxygen atoms in total. The highest BCUT2D eigenvalue weighted by Crippen LogP contribution is 2.22. The van der Waals surface area contributed by atoms with Crippen molar-refractivity contribution in [1.29, 1.82) is 0 Å². The third kappa shape index (κ3) is 3.30. The molecule has 0 fully saturated rings. The highest BCUT2D eigenvalue weighted by molar-refractivity contribution is 7.08. The molecule has 1 heterocycles. The molecule has 0 bridgehead atoms. The van der Waals surface area contributed by atoms with E-state index in [9.17, 15) is 9.90 Å². The number of hydrogen-bond acceptors (Lipinski definition) is 4. The third-order valence-corrected chi connectivity index (χ3v) is 2.80. The average Bonchev–Trinajstić information content (AvgIpc) is 2.65. The highest BCUT2D eigenvalue weighted by atomic mass is 32.1. The van der Waals surface area contributed by atoms with Crippen LogP contribution in [-0.2, 0) is 9.53 Å². The lowest BCUT2D eigenvalue weighted by molar-refractivity contribution is -0.158. The fourth-order valence-corrected chi connectivity index (χ4v) is 1.71. The number of thiophene rings is 1. The summed E-state index contributed by atoms with van der Waals surface area (Å²) in [4.78, 5) is 11.0. The second-order valence-electron chi connectivity index (χ2n) is 3.36. The summed E-state index contributed by atoms with van der Waals surface area (Å²) in [5, 5.41) is 21.7. The molecule has 1 rings (SSSR count). The monoisotopic (exact) mass is 230 g/mol. The zero-order valence-corrected chi connectivity index (χ0v) is 9.40. The van der Waals surface area contributed by atoms with Crippen LogP contribution in [-0.4, -0.2) is 28.4 Å². The lowest BCUT2D eigenvalue weighted by Crippen LogP contribution is -2.28. The zero-order chi connectivity index (χ0) is 11.4. The van der Waals surface area contributed by atoms with Crippen LogP contribution >= 0.6 is 11.3 Å². The fourth-order valence-electron chi connectivity index (χ4n) is 1.03. The summed E-state index contributed by atoms with van der Waals surface area (Å²) in [6.07, 6.45) is -2.20. The number of carbonyl (C=O) groups is 1. The van der Waals surface area contributed by atoms with Gasteiger partial charge in [0.1, 0.15) is 0 Å². The predicted octanol–water partition coefficient (Wildman–Crippen LogP) is 1.66. The van der Waals surface area contributed by atoms with Crippen LogP contribution in [0.25, 0.3) is 0 Å². The van der Waals surface area contributed by atoms with Crippen LogP contribution in [0.2, 0.25) is 0 Å². The van der Waals surface area contributed by atoms with E-state index in [1.165, 1.54) is 11.3 Å². The van der Waals surface area contributed by atoms with E-state index >= 15 is 0 Å². The molecule has 0 aliphatic rings. The van der Waals surface area contributed by atoms with Gasteiger partial charge in [0.25, 0.3) is 0 Å². The molecule has 0 aliphatic heterocycles. The number of ether oxygens (including phenoxy) is 1. The molecule has 0 aromatic carbocycles. The molecule has 0 radical (unpaired) electrons. The van der Waals surface area contributed by atoms with Crippen molar-refractivity contribution in [3.63, 3.8) is 0 Å². The van der Waals surface area contributed by atoms with E-state index in [1.54, 1.807) is 30.7 Å². The van der Waals surface area contributed by atoms with Crippen LogP contribution in [0.1, 0.15) is 25.5 Å². The quantitative estimate of drug-likeness (QED) is 0.807. The lowest BCUT2D eigenvalue weighted by atomic mass is 10.2. The van der Waals surface area contributed by atoms with Crippen LogP contribution in [0.5, 0.6) is 0 Å². The maximum atomic E-state index is 11.0. The topological polar surface area (TPSA) is 66.8 Å². The number of aliphatic hydroxyl groups excluding tert-OH is 1. The number of aliphatic hydroxyl groups is 1. The zero-order valence-electron chi connectivity index (χ0n) is 8.58. The van der Waals surface area contributed by atoms with Crippen LogP contribution in [0.4, 0.5) is 0 Å². The molecule has 3 unspecified atom stereocenters. The minimum Gasteiger partial charge on any atom is -0.479 e. The minimum atomic E-state index is -1.04. The second kappa shape index (κ2) is 5.25. The summed E-state index contributed by atoms with van der Waals surface area (Å²) in [5.74, 6) is -1.04. The van der Waals surface area contributed by atoms with Crippen molar-refractivity contribution < 1.29 is 19.7 Å². The Balaban J connectivity index is 2.72. The van der Waals surface area contributed by atoms with E-state index in [4.69, 9.17) is 9.84 Å². The van der Waals surface area contributed by atoms with Crippen molar-refractivity contribution in [3.8, 4) is 0 Å². The van der Waals surface area contributed by atoms with Crippen molar-refractivity contribution in [2.75, 3.05) is 0 Å². The van der Waals surface area contributed by atoms with Gasteiger partial charge in [-0.2, -0.15) is 11.3 Å². The molecule has 1 aromatic rings. The Morgan fingerprint density at radius 2 is 2.20 bits per heavy atom. The Bertz CT molecular complexity index is 307. The van der Waals surface area contributed by atoms with E-state index in [-0.39, 0.29) is 0 Å². The molecule has 3 atom stereocenters. The average molecular weight is 230 g/mol. The van der Waals surface area contributed by atoms with Crippen molar-refractivity contribution >= 4 is 17.3 Å². The molecular weight excluding hydrogens is 216 g/mol. The molecule has 0 amide bonds. The number of rotatable bonds is 5. The second-order valence-corrected chi connectivity index (χ2v) is 4.14. The predicted molar refractivity (Wildman–Crippen MR) is 56.9 cm³/mol. The van der Waals surface area contributed by atoms with Crippen LogP contribution in [0.3, 0.4) is 0 Å². The molecule has 0 saturated heterocycles. The lowest BCUT2D eigenvalue weighted by Gasteiger charge is -2.20. The van der Waals surface area contributed by atoms with Gasteiger partial charge in [-0.3, -0.25) is 0 Å². The Labute approximate surface area is 92.1 Å². The van der Waals surface area contributed by atoms with Crippen LogP contribution in [0.15, 0.2) is 16.8 Å². The number of hydrogen-bond donors (Lipinski definition) is 2. The highest BCUT2D eigenvalue weighted by Gasteiger charge is 2.25. The van der Waals surface area contributed by atoms with E-state index in [0.29, 0.717) is 5.56 Å². The Morgan fingerprint density at radius 3 is 2.60 bits per heavy atom. The Hall–Kier alpha value is -0.910. The fraction of sp³-hybridized carbons (Fsp3) is 0.500. The SMILES string of the molecule is CC(O)C(C)OC(C(=O)O)c1ccsc1. The Morgan fingerprint density at radius 1 is 1.53 bits per heavy atom. The number of carboxylic acids is 1. The van der Waals surface area contributed by atoms with E-state index < -0.39 is 24.3 Å². The first-order valence-corrected chi connectivity index (χ1v) is 5.55. The van der Waals surface area contributed by atoms with Gasteiger partial charge in [0, 0.05) is 5.56 Å². The van der Waals surface area contributed by atoms with Gasteiger partial charge in [-0.1, -0.05) is 0 Å². The third-order valence-electron chi connectivity index (χ3n) is 2.10. The summed E-state index contributed by atoms with van der Waals surface area (Å²) in [5.41, 5.74) is 0.611. The van der Waals surface area contributed by atoms with Gasteiger partial charge in [-0.25, -0.2) is 4.79 Å². The Kier molecular flexibility index (Phi) is 4.26. The minimum absolute atomic E-state index is 0.508. The van der Waals surface area contributed by atoms with Gasteiger partial charge in [-0.05, 0) is 30.7 Å². The number of aliphatic carboxylic acids is 1. The number of carboxylic acid groups (broad SMARTS) is 1.